The third-order valence-corrected chi connectivity index (χ3v) is 3.92. The highest BCUT2D eigenvalue weighted by molar-refractivity contribution is 5.81. The lowest BCUT2D eigenvalue weighted by Crippen LogP contribution is -2.03. The molecule has 100 valence electrons. The molecule has 0 saturated heterocycles. The summed E-state index contributed by atoms with van der Waals surface area (Å²) in [7, 11) is 0. The van der Waals surface area contributed by atoms with Gasteiger partial charge in [0.2, 0.25) is 0 Å². The van der Waals surface area contributed by atoms with Crippen LogP contribution in [0.2, 0.25) is 0 Å². The van der Waals surface area contributed by atoms with Gasteiger partial charge in [0, 0.05) is 5.71 Å². The Bertz CT molecular complexity index is 441. The molecule has 0 atom stereocenters. The summed E-state index contributed by atoms with van der Waals surface area (Å²) in [5.74, 6) is 0. The van der Waals surface area contributed by atoms with Crippen LogP contribution in [-0.4, -0.2) is 5.71 Å². The fourth-order valence-corrected chi connectivity index (χ4v) is 2.51. The second-order valence-corrected chi connectivity index (χ2v) is 5.05. The van der Waals surface area contributed by atoms with Gasteiger partial charge in [-0.25, -0.2) is 0 Å². The normalized spacial score (nSPS) is 12.0. The van der Waals surface area contributed by atoms with E-state index in [4.69, 9.17) is 4.99 Å². The third-order valence-electron chi connectivity index (χ3n) is 3.92. The quantitative estimate of drug-likeness (QED) is 0.661. The maximum atomic E-state index is 4.70. The zero-order valence-electron chi connectivity index (χ0n) is 12.9. The number of hydrogen-bond acceptors (Lipinski definition) is 1. The molecule has 1 aromatic carbocycles. The molecule has 0 aliphatic heterocycles. The van der Waals surface area contributed by atoms with Gasteiger partial charge in [0.1, 0.15) is 0 Å². The lowest BCUT2D eigenvalue weighted by atomic mass is 9.90. The van der Waals surface area contributed by atoms with Gasteiger partial charge in [0.05, 0.1) is 6.54 Å². The monoisotopic (exact) mass is 245 g/mol. The molecule has 0 N–H and O–H groups in total. The Morgan fingerprint density at radius 2 is 1.72 bits per heavy atom. The van der Waals surface area contributed by atoms with Crippen LogP contribution in [-0.2, 0) is 19.4 Å². The summed E-state index contributed by atoms with van der Waals surface area (Å²) in [6.45, 7) is 14.1. The predicted octanol–water partition coefficient (Wildman–Crippen LogP) is 4.80. The molecular formula is C17H27N. The standard InChI is InChI=1S/C17H27N/c1-7-13(5)18-11-17-12(4)10-15(8-2)14(6)16(17)9-3/h10H,7-9,11H2,1-6H3. The van der Waals surface area contributed by atoms with Gasteiger partial charge in [-0.1, -0.05) is 26.8 Å². The molecular weight excluding hydrogens is 218 g/mol. The smallest absolute Gasteiger partial charge is 0.0644 e. The van der Waals surface area contributed by atoms with Crippen LogP contribution in [0.25, 0.3) is 0 Å². The first-order valence-corrected chi connectivity index (χ1v) is 7.15. The largest absolute Gasteiger partial charge is 0.290 e. The number of aryl methyl sites for hydroxylation is 2. The van der Waals surface area contributed by atoms with Gasteiger partial charge < -0.3 is 0 Å². The second-order valence-electron chi connectivity index (χ2n) is 5.05. The Morgan fingerprint density at radius 3 is 2.22 bits per heavy atom. The highest BCUT2D eigenvalue weighted by atomic mass is 14.7. The average molecular weight is 245 g/mol. The van der Waals surface area contributed by atoms with Crippen LogP contribution >= 0.6 is 0 Å². The van der Waals surface area contributed by atoms with Crippen LogP contribution in [0, 0.1) is 13.8 Å². The van der Waals surface area contributed by atoms with Crippen molar-refractivity contribution in [3.05, 3.63) is 33.9 Å². The Labute approximate surface area is 112 Å². The summed E-state index contributed by atoms with van der Waals surface area (Å²) in [5, 5.41) is 0. The molecule has 1 nitrogen and oxygen atoms in total. The lowest BCUT2D eigenvalue weighted by Gasteiger charge is -2.17. The molecule has 1 rings (SSSR count). The second kappa shape index (κ2) is 6.72. The van der Waals surface area contributed by atoms with Crippen molar-refractivity contribution < 1.29 is 0 Å². The van der Waals surface area contributed by atoms with E-state index in [2.05, 4.69) is 47.6 Å². The number of hydrogen-bond donors (Lipinski definition) is 0. The van der Waals surface area contributed by atoms with Crippen LogP contribution in [0.4, 0.5) is 0 Å². The molecule has 0 fully saturated rings. The van der Waals surface area contributed by atoms with Crippen molar-refractivity contribution in [1.29, 1.82) is 0 Å². The molecule has 1 aromatic rings. The van der Waals surface area contributed by atoms with Crippen LogP contribution in [0.3, 0.4) is 0 Å². The van der Waals surface area contributed by atoms with E-state index < -0.39 is 0 Å². The Balaban J connectivity index is 3.22. The zero-order chi connectivity index (χ0) is 13.7. The summed E-state index contributed by atoms with van der Waals surface area (Å²) in [6, 6.07) is 2.35. The molecule has 0 bridgehead atoms. The van der Waals surface area contributed by atoms with Crippen molar-refractivity contribution in [3.63, 3.8) is 0 Å². The van der Waals surface area contributed by atoms with E-state index in [1.807, 2.05) is 0 Å². The fourth-order valence-electron chi connectivity index (χ4n) is 2.51. The zero-order valence-corrected chi connectivity index (χ0v) is 12.9. The van der Waals surface area contributed by atoms with E-state index in [9.17, 15) is 0 Å². The third kappa shape index (κ3) is 3.22. The average Bonchev–Trinajstić information content (AvgIpc) is 2.38. The Morgan fingerprint density at radius 1 is 1.06 bits per heavy atom. The van der Waals surface area contributed by atoms with Crippen molar-refractivity contribution in [2.45, 2.75) is 67.3 Å². The molecule has 1 heteroatoms. The first-order chi connectivity index (χ1) is 8.54. The molecule has 18 heavy (non-hydrogen) atoms. The summed E-state index contributed by atoms with van der Waals surface area (Å²) < 4.78 is 0. The molecule has 0 amide bonds. The van der Waals surface area contributed by atoms with Gasteiger partial charge >= 0.3 is 0 Å². The molecule has 0 aliphatic carbocycles. The van der Waals surface area contributed by atoms with E-state index in [1.54, 1.807) is 0 Å². The molecule has 0 aliphatic rings. The summed E-state index contributed by atoms with van der Waals surface area (Å²) in [5.41, 5.74) is 8.57. The SMILES string of the molecule is CCC(C)=NCc1c(C)cc(CC)c(C)c1CC. The molecule has 0 saturated carbocycles. The lowest BCUT2D eigenvalue weighted by molar-refractivity contribution is 0.945. The summed E-state index contributed by atoms with van der Waals surface area (Å²) >= 11 is 0. The van der Waals surface area contributed by atoms with E-state index in [-0.39, 0.29) is 0 Å². The molecule has 0 radical (unpaired) electrons. The fraction of sp³-hybridized carbons (Fsp3) is 0.588. The highest BCUT2D eigenvalue weighted by Gasteiger charge is 2.10. The van der Waals surface area contributed by atoms with Crippen molar-refractivity contribution >= 4 is 5.71 Å². The van der Waals surface area contributed by atoms with Crippen LogP contribution < -0.4 is 0 Å². The van der Waals surface area contributed by atoms with Crippen LogP contribution in [0.15, 0.2) is 11.1 Å². The van der Waals surface area contributed by atoms with E-state index in [1.165, 1.54) is 33.5 Å². The molecule has 0 heterocycles. The molecule has 0 aromatic heterocycles. The van der Waals surface area contributed by atoms with E-state index >= 15 is 0 Å². The number of aliphatic imine (C=N–C) groups is 1. The van der Waals surface area contributed by atoms with Gasteiger partial charge in [-0.15, -0.1) is 0 Å². The summed E-state index contributed by atoms with van der Waals surface area (Å²) in [6.07, 6.45) is 3.28. The van der Waals surface area contributed by atoms with Crippen LogP contribution in [0.1, 0.15) is 61.9 Å². The number of benzene rings is 1. The van der Waals surface area contributed by atoms with Crippen molar-refractivity contribution in [1.82, 2.24) is 0 Å². The maximum Gasteiger partial charge on any atom is 0.0644 e. The van der Waals surface area contributed by atoms with Crippen molar-refractivity contribution in [2.24, 2.45) is 4.99 Å². The van der Waals surface area contributed by atoms with Gasteiger partial charge in [0.25, 0.3) is 0 Å². The highest BCUT2D eigenvalue weighted by Crippen LogP contribution is 2.24. The van der Waals surface area contributed by atoms with Gasteiger partial charge in [-0.3, -0.25) is 4.99 Å². The molecule has 0 spiro atoms. The van der Waals surface area contributed by atoms with Gasteiger partial charge in [-0.2, -0.15) is 0 Å². The van der Waals surface area contributed by atoms with E-state index in [0.717, 1.165) is 25.8 Å². The first-order valence-electron chi connectivity index (χ1n) is 7.15. The number of rotatable bonds is 5. The number of nitrogens with zero attached hydrogens (tertiary/aromatic N) is 1. The topological polar surface area (TPSA) is 12.4 Å². The minimum atomic E-state index is 0.847. The van der Waals surface area contributed by atoms with Gasteiger partial charge in [-0.05, 0) is 67.9 Å². The Hall–Kier alpha value is -1.11. The minimum absolute atomic E-state index is 0.847. The van der Waals surface area contributed by atoms with Crippen LogP contribution in [0.5, 0.6) is 0 Å². The predicted molar refractivity (Wildman–Crippen MR) is 81.8 cm³/mol. The Kier molecular flexibility index (Phi) is 5.58. The first kappa shape index (κ1) is 14.9. The van der Waals surface area contributed by atoms with Crippen molar-refractivity contribution in [2.75, 3.05) is 0 Å². The minimum Gasteiger partial charge on any atom is -0.290 e. The van der Waals surface area contributed by atoms with Gasteiger partial charge in [0.15, 0.2) is 0 Å². The maximum absolute atomic E-state index is 4.70. The summed E-state index contributed by atoms with van der Waals surface area (Å²) in [4.78, 5) is 4.70. The van der Waals surface area contributed by atoms with Crippen molar-refractivity contribution in [3.8, 4) is 0 Å². The molecule has 0 unspecified atom stereocenters. The van der Waals surface area contributed by atoms with E-state index in [0.29, 0.717) is 0 Å².